The quantitative estimate of drug-likeness (QED) is 0.771. The average molecular weight is 253 g/mol. The molecule has 0 N–H and O–H groups in total. The molecule has 2 rings (SSSR count). The minimum atomic E-state index is -0.769. The van der Waals surface area contributed by atoms with E-state index in [4.69, 9.17) is 32.7 Å². The molecule has 0 bridgehead atoms. The summed E-state index contributed by atoms with van der Waals surface area (Å²) in [5.74, 6) is -0.0415. The van der Waals surface area contributed by atoms with E-state index >= 15 is 0 Å². The second-order valence-corrected chi connectivity index (χ2v) is 4.59. The molecule has 1 aliphatic rings. The van der Waals surface area contributed by atoms with Crippen LogP contribution < -0.4 is 0 Å². The maximum atomic E-state index is 5.89. The van der Waals surface area contributed by atoms with Crippen LogP contribution in [0.3, 0.4) is 0 Å². The monoisotopic (exact) mass is 252 g/mol. The van der Waals surface area contributed by atoms with Crippen LogP contribution in [0.15, 0.2) is 17.5 Å². The van der Waals surface area contributed by atoms with Crippen LogP contribution in [-0.2, 0) is 15.3 Å². The Hall–Kier alpha value is 0.200. The van der Waals surface area contributed by atoms with E-state index < -0.39 is 5.79 Å². The average Bonchev–Trinajstić information content (AvgIpc) is 2.87. The molecule has 1 saturated heterocycles. The Morgan fingerprint density at radius 3 is 2.93 bits per heavy atom. The van der Waals surface area contributed by atoms with E-state index in [0.29, 0.717) is 18.4 Å². The first-order valence-corrected chi connectivity index (χ1v) is 6.23. The zero-order chi connectivity index (χ0) is 10.0. The van der Waals surface area contributed by atoms with Gasteiger partial charge in [0.15, 0.2) is 0 Å². The van der Waals surface area contributed by atoms with E-state index in [1.807, 2.05) is 17.5 Å². The minimum Gasteiger partial charge on any atom is -0.342 e. The molecule has 1 unspecified atom stereocenters. The number of rotatable bonds is 3. The summed E-state index contributed by atoms with van der Waals surface area (Å²) < 4.78 is 11.3. The van der Waals surface area contributed by atoms with Gasteiger partial charge in [-0.05, 0) is 11.4 Å². The molecule has 1 aliphatic heterocycles. The Balaban J connectivity index is 2.20. The van der Waals surface area contributed by atoms with Crippen molar-refractivity contribution >= 4 is 34.5 Å². The highest BCUT2D eigenvalue weighted by atomic mass is 35.5. The fourth-order valence-electron chi connectivity index (χ4n) is 1.40. The summed E-state index contributed by atoms with van der Waals surface area (Å²) in [4.78, 5) is 1.00. The molecule has 2 nitrogen and oxygen atoms in total. The molecular formula is C9H10Cl2O2S. The molecule has 5 heteroatoms. The van der Waals surface area contributed by atoms with E-state index in [1.54, 1.807) is 11.3 Å². The maximum absolute atomic E-state index is 5.89. The van der Waals surface area contributed by atoms with Gasteiger partial charge in [0.05, 0.1) is 29.3 Å². The first-order valence-electron chi connectivity index (χ1n) is 4.28. The highest BCUT2D eigenvalue weighted by molar-refractivity contribution is 7.10. The van der Waals surface area contributed by atoms with Crippen molar-refractivity contribution in [1.29, 1.82) is 0 Å². The van der Waals surface area contributed by atoms with E-state index in [0.717, 1.165) is 4.88 Å². The Labute approximate surface area is 96.7 Å². The molecule has 2 atom stereocenters. The fraction of sp³-hybridized carbons (Fsp3) is 0.556. The van der Waals surface area contributed by atoms with E-state index in [9.17, 15) is 0 Å². The molecule has 1 aromatic heterocycles. The smallest absolute Gasteiger partial charge is 0.218 e. The van der Waals surface area contributed by atoms with Gasteiger partial charge in [-0.2, -0.15) is 0 Å². The van der Waals surface area contributed by atoms with E-state index in [-0.39, 0.29) is 6.10 Å². The number of hydrogen-bond acceptors (Lipinski definition) is 3. The fourth-order valence-corrected chi connectivity index (χ4v) is 2.74. The topological polar surface area (TPSA) is 18.5 Å². The van der Waals surface area contributed by atoms with Gasteiger partial charge in [0.25, 0.3) is 0 Å². The van der Waals surface area contributed by atoms with Crippen molar-refractivity contribution in [3.63, 3.8) is 0 Å². The summed E-state index contributed by atoms with van der Waals surface area (Å²) in [5.41, 5.74) is 0. The molecule has 78 valence electrons. The van der Waals surface area contributed by atoms with Gasteiger partial charge in [-0.25, -0.2) is 0 Å². The molecule has 0 aliphatic carbocycles. The van der Waals surface area contributed by atoms with E-state index in [1.165, 1.54) is 0 Å². The van der Waals surface area contributed by atoms with Crippen molar-refractivity contribution in [2.24, 2.45) is 0 Å². The molecule has 1 aromatic rings. The van der Waals surface area contributed by atoms with Crippen molar-refractivity contribution < 1.29 is 9.47 Å². The van der Waals surface area contributed by atoms with Crippen LogP contribution in [0.2, 0.25) is 0 Å². The van der Waals surface area contributed by atoms with Crippen molar-refractivity contribution in [2.45, 2.75) is 11.9 Å². The molecule has 0 saturated carbocycles. The van der Waals surface area contributed by atoms with Crippen LogP contribution in [-0.4, -0.2) is 24.5 Å². The first kappa shape index (κ1) is 10.7. The number of halogens is 2. The predicted molar refractivity (Wildman–Crippen MR) is 58.3 cm³/mol. The SMILES string of the molecule is ClC[C@@H]1COC(CCl)(c2cccs2)O1. The van der Waals surface area contributed by atoms with Crippen LogP contribution in [0.1, 0.15) is 4.88 Å². The lowest BCUT2D eigenvalue weighted by Gasteiger charge is -2.23. The first-order chi connectivity index (χ1) is 6.80. The minimum absolute atomic E-state index is 0.0579. The summed E-state index contributed by atoms with van der Waals surface area (Å²) >= 11 is 13.2. The number of hydrogen-bond donors (Lipinski definition) is 0. The lowest BCUT2D eigenvalue weighted by Crippen LogP contribution is -2.29. The van der Waals surface area contributed by atoms with Gasteiger partial charge in [0, 0.05) is 0 Å². The zero-order valence-electron chi connectivity index (χ0n) is 7.41. The molecule has 0 amide bonds. The molecule has 0 radical (unpaired) electrons. The molecule has 0 spiro atoms. The second-order valence-electron chi connectivity index (χ2n) is 3.07. The van der Waals surface area contributed by atoms with Gasteiger partial charge >= 0.3 is 0 Å². The van der Waals surface area contributed by atoms with Gasteiger partial charge in [0.1, 0.15) is 0 Å². The summed E-state index contributed by atoms with van der Waals surface area (Å²) in [6, 6.07) is 3.92. The molecule has 14 heavy (non-hydrogen) atoms. The van der Waals surface area contributed by atoms with Crippen LogP contribution >= 0.6 is 34.5 Å². The van der Waals surface area contributed by atoms with Crippen molar-refractivity contribution in [3.8, 4) is 0 Å². The normalized spacial score (nSPS) is 32.3. The van der Waals surface area contributed by atoms with Gasteiger partial charge in [-0.3, -0.25) is 0 Å². The number of ether oxygens (including phenoxy) is 2. The zero-order valence-corrected chi connectivity index (χ0v) is 9.74. The highest BCUT2D eigenvalue weighted by Crippen LogP contribution is 2.38. The third-order valence-electron chi connectivity index (χ3n) is 2.10. The van der Waals surface area contributed by atoms with Gasteiger partial charge in [-0.1, -0.05) is 6.07 Å². The Kier molecular flexibility index (Phi) is 3.34. The lowest BCUT2D eigenvalue weighted by molar-refractivity contribution is -0.153. The van der Waals surface area contributed by atoms with Crippen molar-refractivity contribution in [1.82, 2.24) is 0 Å². The van der Waals surface area contributed by atoms with Crippen LogP contribution in [0.5, 0.6) is 0 Å². The highest BCUT2D eigenvalue weighted by Gasteiger charge is 2.43. The third-order valence-corrected chi connectivity index (χ3v) is 3.79. The Morgan fingerprint density at radius 1 is 1.57 bits per heavy atom. The molecule has 0 aromatic carbocycles. The Morgan fingerprint density at radius 2 is 2.43 bits per heavy atom. The second kappa shape index (κ2) is 4.37. The largest absolute Gasteiger partial charge is 0.342 e. The van der Waals surface area contributed by atoms with Gasteiger partial charge < -0.3 is 9.47 Å². The predicted octanol–water partition coefficient (Wildman–Crippen LogP) is 2.79. The summed E-state index contributed by atoms with van der Waals surface area (Å²) in [6.07, 6.45) is -0.0579. The summed E-state index contributed by atoms with van der Waals surface area (Å²) in [7, 11) is 0. The Bertz CT molecular complexity index is 291. The number of alkyl halides is 2. The third kappa shape index (κ3) is 1.79. The van der Waals surface area contributed by atoms with Crippen molar-refractivity contribution in [3.05, 3.63) is 22.4 Å². The standard InChI is InChI=1S/C9H10Cl2O2S/c10-4-7-5-12-9(6-11,13-7)8-2-1-3-14-8/h1-3,7H,4-6H2/t7-,9?/m1/s1. The van der Waals surface area contributed by atoms with Crippen LogP contribution in [0, 0.1) is 0 Å². The van der Waals surface area contributed by atoms with Crippen LogP contribution in [0.4, 0.5) is 0 Å². The maximum Gasteiger partial charge on any atom is 0.218 e. The van der Waals surface area contributed by atoms with Gasteiger partial charge in [-0.15, -0.1) is 34.5 Å². The van der Waals surface area contributed by atoms with E-state index in [2.05, 4.69) is 0 Å². The summed E-state index contributed by atoms with van der Waals surface area (Å²) in [5, 5.41) is 1.98. The van der Waals surface area contributed by atoms with Gasteiger partial charge in [0.2, 0.25) is 5.79 Å². The molecule has 1 fully saturated rings. The molecular weight excluding hydrogens is 243 g/mol. The lowest BCUT2D eigenvalue weighted by atomic mass is 10.2. The summed E-state index contributed by atoms with van der Waals surface area (Å²) in [6.45, 7) is 0.508. The van der Waals surface area contributed by atoms with Crippen LogP contribution in [0.25, 0.3) is 0 Å². The van der Waals surface area contributed by atoms with Crippen molar-refractivity contribution in [2.75, 3.05) is 18.4 Å². The number of thiophene rings is 1. The molecule has 2 heterocycles.